The molecule has 1 fully saturated rings. The van der Waals surface area contributed by atoms with Crippen molar-refractivity contribution in [3.8, 4) is 0 Å². The summed E-state index contributed by atoms with van der Waals surface area (Å²) in [6.07, 6.45) is 6.82. The predicted octanol–water partition coefficient (Wildman–Crippen LogP) is 1.22. The molecule has 0 saturated heterocycles. The SMILES string of the molecule is CCc1nccn1CCC(=O)N(C)[C@@H]1CCC[C@@H](OC)[C@@H]1O. The summed E-state index contributed by atoms with van der Waals surface area (Å²) in [5.41, 5.74) is 0. The highest BCUT2D eigenvalue weighted by molar-refractivity contribution is 5.76. The van der Waals surface area contributed by atoms with Crippen molar-refractivity contribution in [2.24, 2.45) is 0 Å². The monoisotopic (exact) mass is 309 g/mol. The van der Waals surface area contributed by atoms with E-state index in [1.165, 1.54) is 0 Å². The Morgan fingerprint density at radius 2 is 2.32 bits per heavy atom. The molecule has 0 aromatic carbocycles. The maximum absolute atomic E-state index is 12.4. The van der Waals surface area contributed by atoms with Crippen LogP contribution in [-0.4, -0.2) is 57.9 Å². The molecule has 3 atom stereocenters. The summed E-state index contributed by atoms with van der Waals surface area (Å²) in [4.78, 5) is 18.4. The molecule has 6 heteroatoms. The third kappa shape index (κ3) is 3.67. The standard InChI is InChI=1S/C16H27N3O3/c1-4-14-17-9-11-19(14)10-8-15(20)18(2)12-6-5-7-13(22-3)16(12)21/h9,11-13,16,21H,4-8,10H2,1-3H3/t12-,13-,16-/m1/s1. The molecule has 0 spiro atoms. The molecule has 0 unspecified atom stereocenters. The minimum Gasteiger partial charge on any atom is -0.388 e. The zero-order valence-corrected chi connectivity index (χ0v) is 13.7. The van der Waals surface area contributed by atoms with Gasteiger partial charge < -0.3 is 19.3 Å². The highest BCUT2D eigenvalue weighted by Crippen LogP contribution is 2.25. The summed E-state index contributed by atoms with van der Waals surface area (Å²) in [6.45, 7) is 2.68. The number of ether oxygens (including phenoxy) is 1. The number of carbonyl (C=O) groups excluding carboxylic acids is 1. The topological polar surface area (TPSA) is 67.6 Å². The van der Waals surface area contributed by atoms with Crippen LogP contribution in [0.3, 0.4) is 0 Å². The summed E-state index contributed by atoms with van der Waals surface area (Å²) in [7, 11) is 3.40. The van der Waals surface area contributed by atoms with E-state index in [1.807, 2.05) is 10.8 Å². The molecule has 0 aliphatic heterocycles. The highest BCUT2D eigenvalue weighted by atomic mass is 16.5. The normalized spacial score (nSPS) is 25.2. The van der Waals surface area contributed by atoms with E-state index in [-0.39, 0.29) is 18.1 Å². The number of imidazole rings is 1. The molecule has 1 aromatic rings. The lowest BCUT2D eigenvalue weighted by atomic mass is 9.89. The van der Waals surface area contributed by atoms with Gasteiger partial charge in [0.2, 0.25) is 5.91 Å². The quantitative estimate of drug-likeness (QED) is 0.858. The van der Waals surface area contributed by atoms with Crippen LogP contribution in [0.5, 0.6) is 0 Å². The molecule has 2 rings (SSSR count). The number of hydrogen-bond acceptors (Lipinski definition) is 4. The van der Waals surface area contributed by atoms with E-state index in [9.17, 15) is 9.90 Å². The van der Waals surface area contributed by atoms with Gasteiger partial charge in [0, 0.05) is 45.9 Å². The fourth-order valence-corrected chi connectivity index (χ4v) is 3.23. The second kappa shape index (κ2) is 7.74. The Morgan fingerprint density at radius 3 is 3.00 bits per heavy atom. The zero-order chi connectivity index (χ0) is 16.1. The van der Waals surface area contributed by atoms with Crippen molar-refractivity contribution in [2.75, 3.05) is 14.2 Å². The van der Waals surface area contributed by atoms with Gasteiger partial charge in [0.15, 0.2) is 0 Å². The Hall–Kier alpha value is -1.40. The van der Waals surface area contributed by atoms with E-state index in [1.54, 1.807) is 25.3 Å². The van der Waals surface area contributed by atoms with Crippen LogP contribution < -0.4 is 0 Å². The lowest BCUT2D eigenvalue weighted by Crippen LogP contribution is -2.52. The van der Waals surface area contributed by atoms with Crippen LogP contribution in [0.4, 0.5) is 0 Å². The number of rotatable bonds is 6. The van der Waals surface area contributed by atoms with Crippen LogP contribution >= 0.6 is 0 Å². The maximum Gasteiger partial charge on any atom is 0.224 e. The lowest BCUT2D eigenvalue weighted by Gasteiger charge is -2.39. The average molecular weight is 309 g/mol. The molecule has 1 heterocycles. The van der Waals surface area contributed by atoms with Crippen molar-refractivity contribution < 1.29 is 14.6 Å². The van der Waals surface area contributed by atoms with E-state index < -0.39 is 6.10 Å². The third-order valence-electron chi connectivity index (χ3n) is 4.64. The number of hydrogen-bond donors (Lipinski definition) is 1. The Morgan fingerprint density at radius 1 is 1.55 bits per heavy atom. The first-order chi connectivity index (χ1) is 10.6. The van der Waals surface area contributed by atoms with Gasteiger partial charge in [0.05, 0.1) is 12.1 Å². The first kappa shape index (κ1) is 17.0. The van der Waals surface area contributed by atoms with Crippen LogP contribution in [-0.2, 0) is 22.5 Å². The predicted molar refractivity (Wildman–Crippen MR) is 83.4 cm³/mol. The number of amides is 1. The number of aromatic nitrogens is 2. The molecule has 1 aliphatic carbocycles. The Balaban J connectivity index is 1.91. The lowest BCUT2D eigenvalue weighted by molar-refractivity contribution is -0.140. The van der Waals surface area contributed by atoms with E-state index in [0.717, 1.165) is 31.5 Å². The molecule has 124 valence electrons. The van der Waals surface area contributed by atoms with Gasteiger partial charge in [0.1, 0.15) is 11.9 Å². The molecular formula is C16H27N3O3. The van der Waals surface area contributed by atoms with Gasteiger partial charge in [-0.1, -0.05) is 6.92 Å². The maximum atomic E-state index is 12.4. The molecule has 0 bridgehead atoms. The summed E-state index contributed by atoms with van der Waals surface area (Å²) in [5.74, 6) is 1.05. The number of carbonyl (C=O) groups is 1. The molecule has 1 N–H and O–H groups in total. The Bertz CT molecular complexity index is 489. The van der Waals surface area contributed by atoms with Gasteiger partial charge in [-0.25, -0.2) is 4.98 Å². The smallest absolute Gasteiger partial charge is 0.224 e. The first-order valence-electron chi connectivity index (χ1n) is 8.05. The van der Waals surface area contributed by atoms with E-state index in [4.69, 9.17) is 4.74 Å². The zero-order valence-electron chi connectivity index (χ0n) is 13.7. The summed E-state index contributed by atoms with van der Waals surface area (Å²) in [5, 5.41) is 10.3. The van der Waals surface area contributed by atoms with Gasteiger partial charge >= 0.3 is 0 Å². The van der Waals surface area contributed by atoms with Crippen LogP contribution in [0.1, 0.15) is 38.4 Å². The second-order valence-electron chi connectivity index (χ2n) is 5.91. The number of aliphatic hydroxyl groups excluding tert-OH is 1. The second-order valence-corrected chi connectivity index (χ2v) is 5.91. The van der Waals surface area contributed by atoms with Crippen molar-refractivity contribution in [2.45, 2.75) is 63.8 Å². The molecule has 6 nitrogen and oxygen atoms in total. The fraction of sp³-hybridized carbons (Fsp3) is 0.750. The van der Waals surface area contributed by atoms with E-state index in [0.29, 0.717) is 13.0 Å². The van der Waals surface area contributed by atoms with Crippen LogP contribution in [0.15, 0.2) is 12.4 Å². The average Bonchev–Trinajstić information content (AvgIpc) is 2.99. The minimum absolute atomic E-state index is 0.0524. The third-order valence-corrected chi connectivity index (χ3v) is 4.64. The largest absolute Gasteiger partial charge is 0.388 e. The van der Waals surface area contributed by atoms with Crippen molar-refractivity contribution in [3.05, 3.63) is 18.2 Å². The van der Waals surface area contributed by atoms with Crippen molar-refractivity contribution in [1.29, 1.82) is 0 Å². The Kier molecular flexibility index (Phi) is 5.97. The van der Waals surface area contributed by atoms with Crippen molar-refractivity contribution >= 4 is 5.91 Å². The van der Waals surface area contributed by atoms with Crippen molar-refractivity contribution in [3.63, 3.8) is 0 Å². The molecule has 1 amide bonds. The molecule has 22 heavy (non-hydrogen) atoms. The molecular weight excluding hydrogens is 282 g/mol. The molecule has 1 aromatic heterocycles. The number of nitrogens with zero attached hydrogens (tertiary/aromatic N) is 3. The van der Waals surface area contributed by atoms with E-state index >= 15 is 0 Å². The van der Waals surface area contributed by atoms with Gasteiger partial charge in [-0.15, -0.1) is 0 Å². The highest BCUT2D eigenvalue weighted by Gasteiger charge is 2.35. The molecule has 1 saturated carbocycles. The van der Waals surface area contributed by atoms with Crippen LogP contribution in [0, 0.1) is 0 Å². The van der Waals surface area contributed by atoms with Gasteiger partial charge in [-0.2, -0.15) is 0 Å². The van der Waals surface area contributed by atoms with Crippen molar-refractivity contribution in [1.82, 2.24) is 14.5 Å². The molecule has 0 radical (unpaired) electrons. The fourth-order valence-electron chi connectivity index (χ4n) is 3.23. The van der Waals surface area contributed by atoms with Gasteiger partial charge in [-0.05, 0) is 19.3 Å². The van der Waals surface area contributed by atoms with Crippen LogP contribution in [0.25, 0.3) is 0 Å². The van der Waals surface area contributed by atoms with Crippen LogP contribution in [0.2, 0.25) is 0 Å². The van der Waals surface area contributed by atoms with Gasteiger partial charge in [-0.3, -0.25) is 4.79 Å². The van der Waals surface area contributed by atoms with Gasteiger partial charge in [0.25, 0.3) is 0 Å². The Labute approximate surface area is 132 Å². The summed E-state index contributed by atoms with van der Waals surface area (Å²) < 4.78 is 7.33. The summed E-state index contributed by atoms with van der Waals surface area (Å²) in [6, 6.07) is -0.153. The van der Waals surface area contributed by atoms with E-state index in [2.05, 4.69) is 11.9 Å². The number of methoxy groups -OCH3 is 1. The molecule has 1 aliphatic rings. The summed E-state index contributed by atoms with van der Waals surface area (Å²) >= 11 is 0. The number of aliphatic hydroxyl groups is 1. The number of likely N-dealkylation sites (N-methyl/N-ethyl adjacent to an activating group) is 1. The number of aryl methyl sites for hydroxylation is 2. The first-order valence-corrected chi connectivity index (χ1v) is 8.05. The minimum atomic E-state index is -0.604.